The molecule has 17 heavy (non-hydrogen) atoms. The second kappa shape index (κ2) is 7.65. The fourth-order valence-corrected chi connectivity index (χ4v) is 1.35. The maximum absolute atomic E-state index is 11.6. The number of anilines is 1. The number of benzene rings is 1. The Balaban J connectivity index is 2.39. The lowest BCUT2D eigenvalue weighted by Gasteiger charge is -2.10. The van der Waals surface area contributed by atoms with Gasteiger partial charge in [-0.3, -0.25) is 4.79 Å². The molecule has 0 fully saturated rings. The van der Waals surface area contributed by atoms with Crippen LogP contribution in [0.15, 0.2) is 24.3 Å². The van der Waals surface area contributed by atoms with Crippen LogP contribution in [-0.4, -0.2) is 37.8 Å². The molecule has 0 saturated carbocycles. The van der Waals surface area contributed by atoms with E-state index in [9.17, 15) is 4.79 Å². The molecule has 0 spiro atoms. The van der Waals surface area contributed by atoms with E-state index in [4.69, 9.17) is 9.84 Å². The van der Waals surface area contributed by atoms with E-state index in [-0.39, 0.29) is 19.1 Å². The average Bonchev–Trinajstić information content (AvgIpc) is 2.35. The number of hydrogen-bond acceptors (Lipinski definition) is 4. The molecule has 94 valence electrons. The van der Waals surface area contributed by atoms with E-state index in [0.717, 1.165) is 0 Å². The van der Waals surface area contributed by atoms with Crippen molar-refractivity contribution in [3.05, 3.63) is 24.3 Å². The van der Waals surface area contributed by atoms with Gasteiger partial charge in [0.2, 0.25) is 5.91 Å². The molecule has 5 nitrogen and oxygen atoms in total. The van der Waals surface area contributed by atoms with Crippen molar-refractivity contribution < 1.29 is 14.6 Å². The molecule has 0 aliphatic carbocycles. The quantitative estimate of drug-likeness (QED) is 0.609. The van der Waals surface area contributed by atoms with Crippen LogP contribution in [0.4, 0.5) is 5.69 Å². The first kappa shape index (κ1) is 13.5. The van der Waals surface area contributed by atoms with E-state index >= 15 is 0 Å². The van der Waals surface area contributed by atoms with Gasteiger partial charge in [0.1, 0.15) is 5.75 Å². The zero-order valence-corrected chi connectivity index (χ0v) is 9.90. The highest BCUT2D eigenvalue weighted by Crippen LogP contribution is 2.22. The first-order valence-electron chi connectivity index (χ1n) is 5.52. The van der Waals surface area contributed by atoms with Crippen LogP contribution in [-0.2, 0) is 4.79 Å². The number of carbonyl (C=O) groups excluding carboxylic acids is 1. The van der Waals surface area contributed by atoms with Gasteiger partial charge >= 0.3 is 0 Å². The Hall–Kier alpha value is -1.59. The summed E-state index contributed by atoms with van der Waals surface area (Å²) in [6, 6.07) is 7.24. The normalized spacial score (nSPS) is 10.0. The Morgan fingerprint density at radius 3 is 2.88 bits per heavy atom. The predicted octanol–water partition coefficient (Wildman–Crippen LogP) is 0.606. The maximum Gasteiger partial charge on any atom is 0.238 e. The third-order valence-corrected chi connectivity index (χ3v) is 2.18. The molecule has 1 rings (SSSR count). The molecule has 0 aromatic heterocycles. The summed E-state index contributed by atoms with van der Waals surface area (Å²) in [5.41, 5.74) is 0.656. The van der Waals surface area contributed by atoms with Crippen LogP contribution in [0.5, 0.6) is 5.75 Å². The van der Waals surface area contributed by atoms with E-state index in [1.807, 2.05) is 12.1 Å². The topological polar surface area (TPSA) is 70.6 Å². The van der Waals surface area contributed by atoms with Crippen LogP contribution < -0.4 is 15.4 Å². The highest BCUT2D eigenvalue weighted by atomic mass is 16.5. The Morgan fingerprint density at radius 1 is 1.41 bits per heavy atom. The molecule has 5 heteroatoms. The number of ether oxygens (including phenoxy) is 1. The lowest BCUT2D eigenvalue weighted by Crippen LogP contribution is -2.29. The zero-order valence-electron chi connectivity index (χ0n) is 9.90. The summed E-state index contributed by atoms with van der Waals surface area (Å²) < 4.78 is 5.12. The molecule has 0 unspecified atom stereocenters. The monoisotopic (exact) mass is 238 g/mol. The standard InChI is InChI=1S/C12H18N2O3/c1-17-11-6-3-2-5-10(11)14-12(16)9-13-7-4-8-15/h2-3,5-6,13,15H,4,7-9H2,1H3,(H,14,16). The molecule has 1 amide bonds. The number of aliphatic hydroxyl groups excluding tert-OH is 1. The number of para-hydroxylation sites is 2. The van der Waals surface area contributed by atoms with Crippen molar-refractivity contribution in [3.63, 3.8) is 0 Å². The number of methoxy groups -OCH3 is 1. The van der Waals surface area contributed by atoms with Crippen molar-refractivity contribution in [1.29, 1.82) is 0 Å². The largest absolute Gasteiger partial charge is 0.495 e. The van der Waals surface area contributed by atoms with Crippen molar-refractivity contribution in [2.45, 2.75) is 6.42 Å². The Bertz CT molecular complexity index is 355. The van der Waals surface area contributed by atoms with E-state index in [1.54, 1.807) is 19.2 Å². The van der Waals surface area contributed by atoms with Crippen LogP contribution >= 0.6 is 0 Å². The van der Waals surface area contributed by atoms with E-state index < -0.39 is 0 Å². The fourth-order valence-electron chi connectivity index (χ4n) is 1.35. The van der Waals surface area contributed by atoms with Crippen LogP contribution in [0, 0.1) is 0 Å². The summed E-state index contributed by atoms with van der Waals surface area (Å²) >= 11 is 0. The van der Waals surface area contributed by atoms with Crippen LogP contribution in [0.25, 0.3) is 0 Å². The number of nitrogens with one attached hydrogen (secondary N) is 2. The lowest BCUT2D eigenvalue weighted by molar-refractivity contribution is -0.115. The summed E-state index contributed by atoms with van der Waals surface area (Å²) in [5, 5.41) is 14.3. The fraction of sp³-hybridized carbons (Fsp3) is 0.417. The Kier molecular flexibility index (Phi) is 6.06. The molecule has 0 atom stereocenters. The van der Waals surface area contributed by atoms with Gasteiger partial charge in [0.05, 0.1) is 19.3 Å². The number of amides is 1. The average molecular weight is 238 g/mol. The van der Waals surface area contributed by atoms with Gasteiger partial charge in [0, 0.05) is 6.61 Å². The predicted molar refractivity (Wildman–Crippen MR) is 66.2 cm³/mol. The highest BCUT2D eigenvalue weighted by molar-refractivity contribution is 5.93. The van der Waals surface area contributed by atoms with Crippen LogP contribution in [0.2, 0.25) is 0 Å². The molecule has 0 radical (unpaired) electrons. The lowest BCUT2D eigenvalue weighted by atomic mass is 10.3. The van der Waals surface area contributed by atoms with E-state index in [2.05, 4.69) is 10.6 Å². The third-order valence-electron chi connectivity index (χ3n) is 2.18. The molecular formula is C12H18N2O3. The first-order valence-corrected chi connectivity index (χ1v) is 5.52. The Morgan fingerprint density at radius 2 is 2.18 bits per heavy atom. The van der Waals surface area contributed by atoms with E-state index in [0.29, 0.717) is 24.4 Å². The Labute approximate surface area is 101 Å². The van der Waals surface area contributed by atoms with Gasteiger partial charge < -0.3 is 20.5 Å². The maximum atomic E-state index is 11.6. The second-order valence-electron chi connectivity index (χ2n) is 3.50. The van der Waals surface area contributed by atoms with Gasteiger partial charge in [0.25, 0.3) is 0 Å². The van der Waals surface area contributed by atoms with Crippen LogP contribution in [0.3, 0.4) is 0 Å². The minimum absolute atomic E-state index is 0.126. The van der Waals surface area contributed by atoms with Crippen molar-refractivity contribution >= 4 is 11.6 Å². The smallest absolute Gasteiger partial charge is 0.238 e. The van der Waals surface area contributed by atoms with Crippen molar-refractivity contribution in [2.24, 2.45) is 0 Å². The highest BCUT2D eigenvalue weighted by Gasteiger charge is 2.05. The molecular weight excluding hydrogens is 220 g/mol. The van der Waals surface area contributed by atoms with Gasteiger partial charge in [-0.15, -0.1) is 0 Å². The molecule has 3 N–H and O–H groups in total. The van der Waals surface area contributed by atoms with Gasteiger partial charge in [-0.25, -0.2) is 0 Å². The summed E-state index contributed by atoms with van der Waals surface area (Å²) in [6.45, 7) is 0.967. The summed E-state index contributed by atoms with van der Waals surface area (Å²) in [7, 11) is 1.56. The van der Waals surface area contributed by atoms with Gasteiger partial charge in [-0.1, -0.05) is 12.1 Å². The number of aliphatic hydroxyl groups is 1. The van der Waals surface area contributed by atoms with Crippen molar-refractivity contribution in [2.75, 3.05) is 32.1 Å². The SMILES string of the molecule is COc1ccccc1NC(=O)CNCCCO. The molecule has 0 saturated heterocycles. The third kappa shape index (κ3) is 4.84. The molecule has 0 aliphatic rings. The summed E-state index contributed by atoms with van der Waals surface area (Å²) in [4.78, 5) is 11.6. The van der Waals surface area contributed by atoms with E-state index in [1.165, 1.54) is 0 Å². The molecule has 0 bridgehead atoms. The van der Waals surface area contributed by atoms with Crippen LogP contribution in [0.1, 0.15) is 6.42 Å². The minimum Gasteiger partial charge on any atom is -0.495 e. The minimum atomic E-state index is -0.132. The molecule has 1 aromatic carbocycles. The summed E-state index contributed by atoms with van der Waals surface area (Å²) in [6.07, 6.45) is 0.641. The summed E-state index contributed by atoms with van der Waals surface area (Å²) in [5.74, 6) is 0.503. The molecule has 0 aliphatic heterocycles. The number of carbonyl (C=O) groups is 1. The first-order chi connectivity index (χ1) is 8.27. The molecule has 0 heterocycles. The van der Waals surface area contributed by atoms with Gasteiger partial charge in [0.15, 0.2) is 0 Å². The number of hydrogen-bond donors (Lipinski definition) is 3. The van der Waals surface area contributed by atoms with Gasteiger partial charge in [-0.05, 0) is 25.1 Å². The molecule has 1 aromatic rings. The van der Waals surface area contributed by atoms with Crippen molar-refractivity contribution in [1.82, 2.24) is 5.32 Å². The number of rotatable bonds is 7. The second-order valence-corrected chi connectivity index (χ2v) is 3.50. The van der Waals surface area contributed by atoms with Crippen molar-refractivity contribution in [3.8, 4) is 5.75 Å². The van der Waals surface area contributed by atoms with Gasteiger partial charge in [-0.2, -0.15) is 0 Å². The zero-order chi connectivity index (χ0) is 12.5.